The third-order valence-corrected chi connectivity index (χ3v) is 5.50. The standard InChI is InChI=1S/C24H20N4O4/c1-13-20(23(32)26-14-7-3-2-4-8-14)22(21-18(30)11-15(29)12-19(21)31)28-17-10-6-5-9-16(17)27-24(28)25-13/h2-12,22,29-31H,1H3,(H,25,27)(H,26,32). The second-order valence-corrected chi connectivity index (χ2v) is 7.58. The molecule has 0 saturated heterocycles. The van der Waals surface area contributed by atoms with Crippen LogP contribution in [0.25, 0.3) is 11.0 Å². The molecule has 3 aromatic carbocycles. The Bertz CT molecular complexity index is 1370. The number of nitrogens with zero attached hydrogens (tertiary/aromatic N) is 2. The van der Waals surface area contributed by atoms with Crippen LogP contribution >= 0.6 is 0 Å². The maximum absolute atomic E-state index is 13.5. The van der Waals surface area contributed by atoms with E-state index in [9.17, 15) is 20.1 Å². The average molecular weight is 428 g/mol. The minimum absolute atomic E-state index is 0.0891. The zero-order valence-corrected chi connectivity index (χ0v) is 17.1. The van der Waals surface area contributed by atoms with Crippen LogP contribution in [0.3, 0.4) is 0 Å². The minimum atomic E-state index is -0.900. The summed E-state index contributed by atoms with van der Waals surface area (Å²) in [5, 5.41) is 37.3. The maximum atomic E-state index is 13.5. The molecular formula is C24H20N4O4. The number of imidazole rings is 1. The molecule has 4 aromatic rings. The van der Waals surface area contributed by atoms with Gasteiger partial charge in [-0.1, -0.05) is 30.3 Å². The molecule has 32 heavy (non-hydrogen) atoms. The molecule has 0 aliphatic carbocycles. The molecule has 8 heteroatoms. The number of carbonyl (C=O) groups is 1. The van der Waals surface area contributed by atoms with Gasteiger partial charge >= 0.3 is 0 Å². The Balaban J connectivity index is 1.74. The molecule has 0 bridgehead atoms. The summed E-state index contributed by atoms with van der Waals surface area (Å²) in [4.78, 5) is 18.1. The molecule has 1 aliphatic rings. The van der Waals surface area contributed by atoms with Crippen LogP contribution in [0, 0.1) is 0 Å². The number of benzene rings is 3. The van der Waals surface area contributed by atoms with E-state index in [2.05, 4.69) is 15.6 Å². The number of anilines is 2. The molecule has 1 aliphatic heterocycles. The van der Waals surface area contributed by atoms with Gasteiger partial charge in [0, 0.05) is 23.5 Å². The molecule has 2 heterocycles. The van der Waals surface area contributed by atoms with Crippen LogP contribution in [-0.4, -0.2) is 30.8 Å². The Hall–Kier alpha value is -4.46. The molecule has 0 fully saturated rings. The number of phenolic OH excluding ortho intramolecular Hbond substituents is 3. The highest BCUT2D eigenvalue weighted by molar-refractivity contribution is 6.06. The van der Waals surface area contributed by atoms with E-state index in [1.165, 1.54) is 0 Å². The molecule has 1 atom stereocenters. The summed E-state index contributed by atoms with van der Waals surface area (Å²) in [7, 11) is 0. The highest BCUT2D eigenvalue weighted by Crippen LogP contribution is 2.46. The van der Waals surface area contributed by atoms with Crippen LogP contribution in [-0.2, 0) is 4.79 Å². The van der Waals surface area contributed by atoms with Crippen molar-refractivity contribution in [1.29, 1.82) is 0 Å². The van der Waals surface area contributed by atoms with Crippen LogP contribution in [0.1, 0.15) is 18.5 Å². The van der Waals surface area contributed by atoms with E-state index in [1.807, 2.05) is 42.5 Å². The number of hydrogen-bond acceptors (Lipinski definition) is 6. The first-order chi connectivity index (χ1) is 15.4. The van der Waals surface area contributed by atoms with E-state index in [0.717, 1.165) is 12.1 Å². The van der Waals surface area contributed by atoms with Crippen molar-refractivity contribution >= 4 is 28.6 Å². The number of phenols is 3. The predicted molar refractivity (Wildman–Crippen MR) is 121 cm³/mol. The Morgan fingerprint density at radius 1 is 1.00 bits per heavy atom. The lowest BCUT2D eigenvalue weighted by molar-refractivity contribution is -0.113. The second kappa shape index (κ2) is 7.35. The molecule has 1 unspecified atom stereocenters. The van der Waals surface area contributed by atoms with Crippen LogP contribution in [0.5, 0.6) is 17.2 Å². The van der Waals surface area contributed by atoms with E-state index in [0.29, 0.717) is 33.9 Å². The molecule has 0 radical (unpaired) electrons. The minimum Gasteiger partial charge on any atom is -0.508 e. The van der Waals surface area contributed by atoms with Crippen LogP contribution in [0.2, 0.25) is 0 Å². The highest BCUT2D eigenvalue weighted by Gasteiger charge is 2.37. The van der Waals surface area contributed by atoms with Gasteiger partial charge in [0.25, 0.3) is 5.91 Å². The fourth-order valence-electron chi connectivity index (χ4n) is 4.14. The van der Waals surface area contributed by atoms with Crippen LogP contribution in [0.15, 0.2) is 78.0 Å². The summed E-state index contributed by atoms with van der Waals surface area (Å²) >= 11 is 0. The van der Waals surface area contributed by atoms with E-state index in [-0.39, 0.29) is 22.8 Å². The van der Waals surface area contributed by atoms with E-state index < -0.39 is 11.9 Å². The quantitative estimate of drug-likeness (QED) is 0.335. The number of hydrogen-bond donors (Lipinski definition) is 5. The van der Waals surface area contributed by atoms with Gasteiger partial charge in [0.1, 0.15) is 23.3 Å². The fraction of sp³-hybridized carbons (Fsp3) is 0.0833. The van der Waals surface area contributed by atoms with Crippen molar-refractivity contribution in [3.05, 3.63) is 83.6 Å². The molecule has 0 spiro atoms. The molecule has 5 N–H and O–H groups in total. The van der Waals surface area contributed by atoms with Crippen molar-refractivity contribution < 1.29 is 20.1 Å². The predicted octanol–water partition coefficient (Wildman–Crippen LogP) is 4.08. The van der Waals surface area contributed by atoms with Gasteiger partial charge in [-0.05, 0) is 31.2 Å². The lowest BCUT2D eigenvalue weighted by Gasteiger charge is -2.31. The van der Waals surface area contributed by atoms with Gasteiger partial charge in [-0.25, -0.2) is 4.98 Å². The van der Waals surface area contributed by atoms with Gasteiger partial charge in [0.05, 0.1) is 22.2 Å². The summed E-state index contributed by atoms with van der Waals surface area (Å²) in [5.41, 5.74) is 2.92. The van der Waals surface area contributed by atoms with E-state index in [1.54, 1.807) is 23.6 Å². The largest absolute Gasteiger partial charge is 0.508 e. The monoisotopic (exact) mass is 428 g/mol. The normalized spacial score (nSPS) is 15.3. The maximum Gasteiger partial charge on any atom is 0.255 e. The highest BCUT2D eigenvalue weighted by atomic mass is 16.3. The average Bonchev–Trinajstić information content (AvgIpc) is 3.11. The number of fused-ring (bicyclic) bond motifs is 3. The van der Waals surface area contributed by atoms with Gasteiger partial charge < -0.3 is 26.0 Å². The lowest BCUT2D eigenvalue weighted by Crippen LogP contribution is -2.31. The number of allylic oxidation sites excluding steroid dienone is 1. The van der Waals surface area contributed by atoms with Gasteiger partial charge in [0.15, 0.2) is 0 Å². The van der Waals surface area contributed by atoms with Gasteiger partial charge in [-0.3, -0.25) is 9.36 Å². The Kier molecular flexibility index (Phi) is 4.48. The number of para-hydroxylation sites is 3. The van der Waals surface area contributed by atoms with Gasteiger partial charge in [0.2, 0.25) is 5.95 Å². The number of nitrogens with one attached hydrogen (secondary N) is 2. The zero-order chi connectivity index (χ0) is 22.4. The summed E-state index contributed by atoms with van der Waals surface area (Å²) in [6.45, 7) is 1.74. The third kappa shape index (κ3) is 3.09. The fourth-order valence-corrected chi connectivity index (χ4v) is 4.14. The molecule has 0 saturated carbocycles. The van der Waals surface area contributed by atoms with Crippen LogP contribution in [0.4, 0.5) is 11.6 Å². The van der Waals surface area contributed by atoms with E-state index >= 15 is 0 Å². The molecule has 5 rings (SSSR count). The topological polar surface area (TPSA) is 120 Å². The Labute approximate surface area is 183 Å². The molecule has 1 aromatic heterocycles. The van der Waals surface area contributed by atoms with Crippen molar-refractivity contribution in [2.24, 2.45) is 0 Å². The van der Waals surface area contributed by atoms with Crippen molar-refractivity contribution in [3.63, 3.8) is 0 Å². The number of amides is 1. The summed E-state index contributed by atoms with van der Waals surface area (Å²) < 4.78 is 1.76. The van der Waals surface area contributed by atoms with Crippen molar-refractivity contribution in [2.45, 2.75) is 13.0 Å². The lowest BCUT2D eigenvalue weighted by atomic mass is 9.92. The number of aromatic nitrogens is 2. The summed E-state index contributed by atoms with van der Waals surface area (Å²) in [6.07, 6.45) is 0. The first-order valence-electron chi connectivity index (χ1n) is 10.00. The number of rotatable bonds is 3. The zero-order valence-electron chi connectivity index (χ0n) is 17.1. The summed E-state index contributed by atoms with van der Waals surface area (Å²) in [5.74, 6) is -0.894. The van der Waals surface area contributed by atoms with E-state index in [4.69, 9.17) is 0 Å². The Morgan fingerprint density at radius 3 is 2.38 bits per heavy atom. The first kappa shape index (κ1) is 19.5. The number of carbonyl (C=O) groups excluding carboxylic acids is 1. The SMILES string of the molecule is CC1=C(C(=O)Nc2ccccc2)C(c2c(O)cc(O)cc2O)n2c(nc3ccccc32)N1. The molecular weight excluding hydrogens is 408 g/mol. The number of aromatic hydroxyl groups is 3. The van der Waals surface area contributed by atoms with Gasteiger partial charge in [-0.15, -0.1) is 0 Å². The molecule has 8 nitrogen and oxygen atoms in total. The van der Waals surface area contributed by atoms with Crippen molar-refractivity contribution in [1.82, 2.24) is 9.55 Å². The third-order valence-electron chi connectivity index (χ3n) is 5.50. The second-order valence-electron chi connectivity index (χ2n) is 7.58. The Morgan fingerprint density at radius 2 is 1.66 bits per heavy atom. The van der Waals surface area contributed by atoms with Crippen LogP contribution < -0.4 is 10.6 Å². The molecule has 1 amide bonds. The summed E-state index contributed by atoms with van der Waals surface area (Å²) in [6, 6.07) is 17.8. The smallest absolute Gasteiger partial charge is 0.255 e. The molecule has 160 valence electrons. The van der Waals surface area contributed by atoms with Gasteiger partial charge in [-0.2, -0.15) is 0 Å². The van der Waals surface area contributed by atoms with Crippen molar-refractivity contribution in [2.75, 3.05) is 10.6 Å². The first-order valence-corrected chi connectivity index (χ1v) is 10.00. The van der Waals surface area contributed by atoms with Crippen molar-refractivity contribution in [3.8, 4) is 17.2 Å².